The number of nitrogens with zero attached hydrogens (tertiary/aromatic N) is 2. The van der Waals surface area contributed by atoms with Gasteiger partial charge in [-0.05, 0) is 49.2 Å². The van der Waals surface area contributed by atoms with Crippen LogP contribution in [-0.4, -0.2) is 29.3 Å². The molecule has 2 aromatic heterocycles. The monoisotopic (exact) mass is 487 g/mol. The molecule has 0 unspecified atom stereocenters. The fraction of sp³-hybridized carbons (Fsp3) is 0.136. The summed E-state index contributed by atoms with van der Waals surface area (Å²) in [6.07, 6.45) is 3.23. The number of anilines is 2. The number of hydrogen-bond acceptors (Lipinski definition) is 5. The Labute approximate surface area is 191 Å². The van der Waals surface area contributed by atoms with Crippen molar-refractivity contribution >= 4 is 38.6 Å². The molecule has 0 saturated heterocycles. The number of nitrogens with one attached hydrogen (secondary N) is 3. The summed E-state index contributed by atoms with van der Waals surface area (Å²) in [7, 11) is -4.38. The number of amides is 1. The van der Waals surface area contributed by atoms with Crippen molar-refractivity contribution in [3.63, 3.8) is 0 Å². The Bertz CT molecular complexity index is 1550. The fourth-order valence-electron chi connectivity index (χ4n) is 3.37. The number of sulfonamides is 1. The lowest BCUT2D eigenvalue weighted by molar-refractivity contribution is -0.117. The van der Waals surface area contributed by atoms with E-state index in [1.165, 1.54) is 12.1 Å². The van der Waals surface area contributed by atoms with Gasteiger partial charge in [-0.2, -0.15) is 4.98 Å². The molecule has 174 valence electrons. The van der Waals surface area contributed by atoms with Crippen LogP contribution in [0.15, 0.2) is 53.6 Å². The van der Waals surface area contributed by atoms with Crippen LogP contribution in [0, 0.1) is 23.4 Å². The number of hydrogen-bond donors (Lipinski definition) is 3. The molecule has 0 radical (unpaired) electrons. The Kier molecular flexibility index (Phi) is 5.24. The number of halogens is 3. The third kappa shape index (κ3) is 4.19. The molecule has 0 atom stereocenters. The van der Waals surface area contributed by atoms with E-state index in [4.69, 9.17) is 0 Å². The molecule has 4 aromatic rings. The maximum atomic E-state index is 14.9. The number of aromatic amines is 1. The van der Waals surface area contributed by atoms with Crippen molar-refractivity contribution in [2.75, 3.05) is 10.0 Å². The first kappa shape index (κ1) is 21.9. The average Bonchev–Trinajstić information content (AvgIpc) is 3.54. The van der Waals surface area contributed by atoms with E-state index in [1.807, 2.05) is 4.72 Å². The Hall–Kier alpha value is -3.93. The number of rotatable bonds is 6. The normalized spacial score (nSPS) is 13.7. The van der Waals surface area contributed by atoms with Gasteiger partial charge in [-0.1, -0.05) is 6.07 Å². The van der Waals surface area contributed by atoms with E-state index in [1.54, 1.807) is 12.3 Å². The highest BCUT2D eigenvalue weighted by atomic mass is 32.2. The van der Waals surface area contributed by atoms with Gasteiger partial charge in [-0.15, -0.1) is 0 Å². The molecular weight excluding hydrogens is 471 g/mol. The van der Waals surface area contributed by atoms with E-state index in [9.17, 15) is 26.4 Å². The second-order valence-electron chi connectivity index (χ2n) is 7.78. The van der Waals surface area contributed by atoms with Crippen molar-refractivity contribution in [2.24, 2.45) is 5.92 Å². The minimum atomic E-state index is -4.38. The van der Waals surface area contributed by atoms with Crippen molar-refractivity contribution in [1.82, 2.24) is 15.0 Å². The van der Waals surface area contributed by atoms with Gasteiger partial charge >= 0.3 is 0 Å². The van der Waals surface area contributed by atoms with Gasteiger partial charge in [-0.3, -0.25) is 14.8 Å². The first-order valence-corrected chi connectivity index (χ1v) is 11.6. The van der Waals surface area contributed by atoms with Gasteiger partial charge in [0.1, 0.15) is 11.5 Å². The highest BCUT2D eigenvalue weighted by molar-refractivity contribution is 7.92. The van der Waals surface area contributed by atoms with Crippen molar-refractivity contribution in [2.45, 2.75) is 17.7 Å². The summed E-state index contributed by atoms with van der Waals surface area (Å²) in [5, 5.41) is 3.22. The zero-order chi connectivity index (χ0) is 24.0. The summed E-state index contributed by atoms with van der Waals surface area (Å²) in [4.78, 5) is 23.1. The second-order valence-corrected chi connectivity index (χ2v) is 9.46. The third-order valence-corrected chi connectivity index (χ3v) is 6.65. The van der Waals surface area contributed by atoms with Crippen molar-refractivity contribution in [1.29, 1.82) is 0 Å². The molecule has 1 aliphatic rings. The summed E-state index contributed by atoms with van der Waals surface area (Å²) < 4.78 is 68.5. The van der Waals surface area contributed by atoms with Crippen LogP contribution in [0.4, 0.5) is 24.8 Å². The number of aromatic nitrogens is 3. The van der Waals surface area contributed by atoms with Crippen LogP contribution in [-0.2, 0) is 14.8 Å². The molecular formula is C22H16F3N5O3S. The molecule has 2 aromatic carbocycles. The van der Waals surface area contributed by atoms with Crippen LogP contribution in [0.3, 0.4) is 0 Å². The SMILES string of the molecule is O=C(Nc1nc(-c2ccc(NS(=O)(=O)c3ccc(F)c(F)c3)c(F)c2)c2cc[nH]c2n1)C1CC1. The zero-order valence-corrected chi connectivity index (χ0v) is 18.1. The molecule has 0 aliphatic heterocycles. The van der Waals surface area contributed by atoms with Crippen LogP contribution < -0.4 is 10.0 Å². The van der Waals surface area contributed by atoms with Gasteiger partial charge in [-0.25, -0.2) is 26.6 Å². The topological polar surface area (TPSA) is 117 Å². The van der Waals surface area contributed by atoms with Crippen LogP contribution in [0.5, 0.6) is 0 Å². The number of carbonyl (C=O) groups is 1. The van der Waals surface area contributed by atoms with Gasteiger partial charge in [0.25, 0.3) is 10.0 Å². The number of carbonyl (C=O) groups excluding carboxylic acids is 1. The molecule has 0 spiro atoms. The molecule has 1 fully saturated rings. The lowest BCUT2D eigenvalue weighted by Gasteiger charge is -2.11. The van der Waals surface area contributed by atoms with Crippen molar-refractivity contribution < 1.29 is 26.4 Å². The molecule has 0 bridgehead atoms. The van der Waals surface area contributed by atoms with Crippen LogP contribution in [0.1, 0.15) is 12.8 Å². The minimum absolute atomic E-state index is 0.0605. The first-order valence-electron chi connectivity index (χ1n) is 10.1. The first-order chi connectivity index (χ1) is 16.2. The van der Waals surface area contributed by atoms with Crippen LogP contribution in [0.25, 0.3) is 22.3 Å². The minimum Gasteiger partial charge on any atom is -0.346 e. The quantitative estimate of drug-likeness (QED) is 0.377. The molecule has 5 rings (SSSR count). The summed E-state index contributed by atoms with van der Waals surface area (Å²) in [6, 6.07) is 7.43. The Morgan fingerprint density at radius 1 is 0.971 bits per heavy atom. The lowest BCUT2D eigenvalue weighted by Crippen LogP contribution is -2.16. The molecule has 34 heavy (non-hydrogen) atoms. The summed E-state index contributed by atoms with van der Waals surface area (Å²) in [6.45, 7) is 0. The smallest absolute Gasteiger partial charge is 0.262 e. The summed E-state index contributed by atoms with van der Waals surface area (Å²) in [5.41, 5.74) is 0.670. The maximum absolute atomic E-state index is 14.9. The predicted molar refractivity (Wildman–Crippen MR) is 118 cm³/mol. The largest absolute Gasteiger partial charge is 0.346 e. The highest BCUT2D eigenvalue weighted by Crippen LogP contribution is 2.32. The zero-order valence-electron chi connectivity index (χ0n) is 17.3. The van der Waals surface area contributed by atoms with E-state index in [0.29, 0.717) is 34.4 Å². The Morgan fingerprint density at radius 3 is 2.47 bits per heavy atom. The third-order valence-electron chi connectivity index (χ3n) is 5.29. The number of H-pyrrole nitrogens is 1. The standard InChI is InChI=1S/C22H16F3N5O3S/c23-15-5-4-13(10-16(15)24)34(32,33)30-18-6-3-12(9-17(18)25)19-14-7-8-26-20(14)28-22(27-19)29-21(31)11-1-2-11/h3-11,30H,1-2H2,(H2,26,27,28,29,31). The van der Waals surface area contributed by atoms with Gasteiger partial charge in [0.15, 0.2) is 11.6 Å². The average molecular weight is 487 g/mol. The van der Waals surface area contributed by atoms with E-state index in [-0.39, 0.29) is 17.8 Å². The van der Waals surface area contributed by atoms with Crippen molar-refractivity contribution in [3.8, 4) is 11.3 Å². The molecule has 3 N–H and O–H groups in total. The van der Waals surface area contributed by atoms with Gasteiger partial charge in [0.05, 0.1) is 16.3 Å². The Balaban J connectivity index is 1.47. The second kappa shape index (κ2) is 8.13. The van der Waals surface area contributed by atoms with Gasteiger partial charge in [0.2, 0.25) is 11.9 Å². The highest BCUT2D eigenvalue weighted by Gasteiger charge is 2.30. The van der Waals surface area contributed by atoms with Crippen LogP contribution in [0.2, 0.25) is 0 Å². The fourth-order valence-corrected chi connectivity index (χ4v) is 4.45. The van der Waals surface area contributed by atoms with Crippen LogP contribution >= 0.6 is 0 Å². The Morgan fingerprint density at radius 2 is 1.76 bits per heavy atom. The maximum Gasteiger partial charge on any atom is 0.262 e. The summed E-state index contributed by atoms with van der Waals surface area (Å²) >= 11 is 0. The lowest BCUT2D eigenvalue weighted by atomic mass is 10.1. The van der Waals surface area contributed by atoms with Gasteiger partial charge in [0, 0.05) is 23.1 Å². The van der Waals surface area contributed by atoms with E-state index in [2.05, 4.69) is 20.3 Å². The molecule has 2 heterocycles. The number of fused-ring (bicyclic) bond motifs is 1. The van der Waals surface area contributed by atoms with E-state index >= 15 is 0 Å². The number of benzene rings is 2. The predicted octanol–water partition coefficient (Wildman–Crippen LogP) is 4.19. The van der Waals surface area contributed by atoms with Gasteiger partial charge < -0.3 is 4.98 Å². The van der Waals surface area contributed by atoms with E-state index in [0.717, 1.165) is 25.0 Å². The molecule has 1 saturated carbocycles. The van der Waals surface area contributed by atoms with E-state index < -0.39 is 38.1 Å². The summed E-state index contributed by atoms with van der Waals surface area (Å²) in [5.74, 6) is -3.67. The molecule has 1 aliphatic carbocycles. The van der Waals surface area contributed by atoms with Crippen molar-refractivity contribution in [3.05, 3.63) is 66.1 Å². The molecule has 8 nitrogen and oxygen atoms in total. The molecule has 1 amide bonds. The molecule has 12 heteroatoms.